The predicted molar refractivity (Wildman–Crippen MR) is 108 cm³/mol. The number of carbonyl (C=O) groups excluding carboxylic acids is 1. The van der Waals surface area contributed by atoms with Gasteiger partial charge in [0.2, 0.25) is 5.91 Å². The van der Waals surface area contributed by atoms with Crippen LogP contribution in [0, 0.1) is 27.7 Å². The zero-order chi connectivity index (χ0) is 18.7. The van der Waals surface area contributed by atoms with Crippen LogP contribution in [-0.2, 0) is 4.79 Å². The van der Waals surface area contributed by atoms with E-state index >= 15 is 0 Å². The van der Waals surface area contributed by atoms with Gasteiger partial charge >= 0.3 is 0 Å². The van der Waals surface area contributed by atoms with Crippen molar-refractivity contribution in [2.75, 3.05) is 11.9 Å². The first-order valence-corrected chi connectivity index (χ1v) is 9.62. The number of amides is 1. The first-order chi connectivity index (χ1) is 12.4. The highest BCUT2D eigenvalue weighted by molar-refractivity contribution is 7.22. The molecular weight excluding hydrogens is 344 g/mol. The maximum Gasteiger partial charge on any atom is 0.226 e. The van der Waals surface area contributed by atoms with Crippen molar-refractivity contribution in [1.82, 2.24) is 4.98 Å². The number of thiazole rings is 1. The van der Waals surface area contributed by atoms with E-state index in [1.165, 1.54) is 28.0 Å². The molecule has 0 radical (unpaired) electrons. The number of hydrogen-bond donors (Lipinski definition) is 1. The Morgan fingerprint density at radius 2 is 1.88 bits per heavy atom. The molecule has 0 atom stereocenters. The molecule has 1 aromatic heterocycles. The van der Waals surface area contributed by atoms with Crippen LogP contribution in [-0.4, -0.2) is 17.5 Å². The number of rotatable bonds is 6. The van der Waals surface area contributed by atoms with Gasteiger partial charge in [-0.05, 0) is 68.5 Å². The maximum absolute atomic E-state index is 12.2. The van der Waals surface area contributed by atoms with Crippen LogP contribution >= 0.6 is 11.3 Å². The van der Waals surface area contributed by atoms with E-state index < -0.39 is 0 Å². The molecular formula is C21H24N2O2S. The van der Waals surface area contributed by atoms with Gasteiger partial charge in [0, 0.05) is 6.42 Å². The van der Waals surface area contributed by atoms with Gasteiger partial charge in [-0.2, -0.15) is 0 Å². The molecule has 0 unspecified atom stereocenters. The van der Waals surface area contributed by atoms with Crippen molar-refractivity contribution in [1.29, 1.82) is 0 Å². The van der Waals surface area contributed by atoms with Gasteiger partial charge in [-0.25, -0.2) is 4.98 Å². The summed E-state index contributed by atoms with van der Waals surface area (Å²) in [5, 5.41) is 3.57. The summed E-state index contributed by atoms with van der Waals surface area (Å²) in [5.41, 5.74) is 5.64. The second-order valence-corrected chi connectivity index (χ2v) is 7.67. The van der Waals surface area contributed by atoms with E-state index in [4.69, 9.17) is 4.74 Å². The Morgan fingerprint density at radius 3 is 2.69 bits per heavy atom. The Labute approximate surface area is 158 Å². The molecule has 3 rings (SSSR count). The number of aryl methyl sites for hydroxylation is 4. The van der Waals surface area contributed by atoms with Gasteiger partial charge in [-0.3, -0.25) is 4.79 Å². The predicted octanol–water partition coefficient (Wildman–Crippen LogP) is 5.33. The van der Waals surface area contributed by atoms with Gasteiger partial charge in [0.25, 0.3) is 0 Å². The third-order valence-corrected chi connectivity index (χ3v) is 5.42. The number of nitrogens with zero attached hydrogens (tertiary/aromatic N) is 1. The van der Waals surface area contributed by atoms with Crippen LogP contribution in [0.25, 0.3) is 10.2 Å². The molecule has 0 spiro atoms. The van der Waals surface area contributed by atoms with Crippen LogP contribution in [0.15, 0.2) is 30.3 Å². The molecule has 0 aliphatic rings. The summed E-state index contributed by atoms with van der Waals surface area (Å²) in [7, 11) is 0. The molecule has 0 saturated carbocycles. The molecule has 0 aliphatic heterocycles. The SMILES string of the molecule is Cc1ccc(C)c(OCCCC(=O)Nc2nc3c(C)c(C)ccc3s2)c1. The summed E-state index contributed by atoms with van der Waals surface area (Å²) >= 11 is 1.51. The van der Waals surface area contributed by atoms with Crippen LogP contribution in [0.4, 0.5) is 5.13 Å². The molecule has 2 aromatic carbocycles. The number of hydrogen-bond acceptors (Lipinski definition) is 4. The summed E-state index contributed by atoms with van der Waals surface area (Å²) in [6.45, 7) is 8.73. The molecule has 0 bridgehead atoms. The van der Waals surface area contributed by atoms with Gasteiger partial charge in [0.05, 0.1) is 16.8 Å². The van der Waals surface area contributed by atoms with Gasteiger partial charge < -0.3 is 10.1 Å². The summed E-state index contributed by atoms with van der Waals surface area (Å²) in [5.74, 6) is 0.866. The highest BCUT2D eigenvalue weighted by Gasteiger charge is 2.10. The van der Waals surface area contributed by atoms with E-state index in [0.717, 1.165) is 21.5 Å². The fourth-order valence-electron chi connectivity index (χ4n) is 2.74. The van der Waals surface area contributed by atoms with Crippen LogP contribution in [0.3, 0.4) is 0 Å². The Morgan fingerprint density at radius 1 is 1.12 bits per heavy atom. The number of fused-ring (bicyclic) bond motifs is 1. The Bertz CT molecular complexity index is 947. The Balaban J connectivity index is 1.51. The van der Waals surface area contributed by atoms with Crippen molar-refractivity contribution in [2.45, 2.75) is 40.5 Å². The average molecular weight is 369 g/mol. The quantitative estimate of drug-likeness (QED) is 0.599. The lowest BCUT2D eigenvalue weighted by molar-refractivity contribution is -0.116. The smallest absolute Gasteiger partial charge is 0.226 e. The maximum atomic E-state index is 12.2. The molecule has 0 aliphatic carbocycles. The van der Waals surface area contributed by atoms with Gasteiger partial charge in [-0.1, -0.05) is 29.5 Å². The highest BCUT2D eigenvalue weighted by Crippen LogP contribution is 2.29. The molecule has 1 N–H and O–H groups in total. The average Bonchev–Trinajstić information content (AvgIpc) is 3.01. The topological polar surface area (TPSA) is 51.2 Å². The minimum absolute atomic E-state index is 0.0250. The number of aromatic nitrogens is 1. The summed E-state index contributed by atoms with van der Waals surface area (Å²) in [6, 6.07) is 10.3. The fourth-order valence-corrected chi connectivity index (χ4v) is 3.68. The molecule has 1 heterocycles. The van der Waals surface area contributed by atoms with Gasteiger partial charge in [-0.15, -0.1) is 0 Å². The zero-order valence-electron chi connectivity index (χ0n) is 15.7. The number of ether oxygens (including phenoxy) is 1. The number of anilines is 1. The van der Waals surface area contributed by atoms with Gasteiger partial charge in [0.1, 0.15) is 5.75 Å². The van der Waals surface area contributed by atoms with Crippen molar-refractivity contribution >= 4 is 32.6 Å². The number of benzene rings is 2. The molecule has 26 heavy (non-hydrogen) atoms. The van der Waals surface area contributed by atoms with E-state index in [-0.39, 0.29) is 5.91 Å². The van der Waals surface area contributed by atoms with Gasteiger partial charge in [0.15, 0.2) is 5.13 Å². The third kappa shape index (κ3) is 4.22. The lowest BCUT2D eigenvalue weighted by atomic mass is 10.1. The first-order valence-electron chi connectivity index (χ1n) is 8.80. The van der Waals surface area contributed by atoms with Crippen molar-refractivity contribution in [3.8, 4) is 5.75 Å². The Kier molecular flexibility index (Phi) is 5.57. The monoisotopic (exact) mass is 368 g/mol. The molecule has 1 amide bonds. The van der Waals surface area contributed by atoms with E-state index in [9.17, 15) is 4.79 Å². The van der Waals surface area contributed by atoms with E-state index in [1.807, 2.05) is 26.0 Å². The molecule has 0 fully saturated rings. The van der Waals surface area contributed by atoms with Crippen molar-refractivity contribution in [3.05, 3.63) is 52.6 Å². The molecule has 136 valence electrons. The minimum atomic E-state index is -0.0250. The van der Waals surface area contributed by atoms with Crippen molar-refractivity contribution in [2.24, 2.45) is 0 Å². The van der Waals surface area contributed by atoms with Crippen LogP contribution in [0.5, 0.6) is 5.75 Å². The molecule has 0 saturated heterocycles. The normalized spacial score (nSPS) is 10.9. The largest absolute Gasteiger partial charge is 0.493 e. The third-order valence-electron chi connectivity index (χ3n) is 4.48. The van der Waals surface area contributed by atoms with E-state index in [2.05, 4.69) is 42.3 Å². The van der Waals surface area contributed by atoms with Crippen LogP contribution in [0.1, 0.15) is 35.1 Å². The second kappa shape index (κ2) is 7.87. The lowest BCUT2D eigenvalue weighted by Gasteiger charge is -2.09. The number of carbonyl (C=O) groups is 1. The van der Waals surface area contributed by atoms with Crippen molar-refractivity contribution < 1.29 is 9.53 Å². The first kappa shape index (κ1) is 18.4. The number of nitrogens with one attached hydrogen (secondary N) is 1. The van der Waals surface area contributed by atoms with E-state index in [0.29, 0.717) is 24.6 Å². The molecule has 4 nitrogen and oxygen atoms in total. The zero-order valence-corrected chi connectivity index (χ0v) is 16.5. The van der Waals surface area contributed by atoms with Crippen LogP contribution in [0.2, 0.25) is 0 Å². The second-order valence-electron chi connectivity index (χ2n) is 6.64. The minimum Gasteiger partial charge on any atom is -0.493 e. The Hall–Kier alpha value is -2.40. The lowest BCUT2D eigenvalue weighted by Crippen LogP contribution is -2.12. The summed E-state index contributed by atoms with van der Waals surface area (Å²) in [6.07, 6.45) is 1.08. The molecule has 3 aromatic rings. The van der Waals surface area contributed by atoms with Crippen LogP contribution < -0.4 is 10.1 Å². The van der Waals surface area contributed by atoms with Crippen molar-refractivity contribution in [3.63, 3.8) is 0 Å². The summed E-state index contributed by atoms with van der Waals surface area (Å²) < 4.78 is 6.90. The molecule has 5 heteroatoms. The van der Waals surface area contributed by atoms with E-state index in [1.54, 1.807) is 0 Å². The highest BCUT2D eigenvalue weighted by atomic mass is 32.1. The standard InChI is InChI=1S/C21H24N2O2S/c1-13-7-8-15(3)17(12-13)25-11-5-6-19(24)22-21-23-20-16(4)14(2)9-10-18(20)26-21/h7-10,12H,5-6,11H2,1-4H3,(H,22,23,24). The fraction of sp³-hybridized carbons (Fsp3) is 0.333. The summed E-state index contributed by atoms with van der Waals surface area (Å²) in [4.78, 5) is 16.7.